The van der Waals surface area contributed by atoms with Crippen molar-refractivity contribution in [3.8, 4) is 0 Å². The van der Waals surface area contributed by atoms with E-state index in [9.17, 15) is 14.9 Å². The second-order valence-corrected chi connectivity index (χ2v) is 8.33. The number of carbonyl (C=O) groups excluding carboxylic acids is 1. The van der Waals surface area contributed by atoms with Crippen molar-refractivity contribution in [2.24, 2.45) is 0 Å². The third-order valence-electron chi connectivity index (χ3n) is 4.50. The summed E-state index contributed by atoms with van der Waals surface area (Å²) in [6.07, 6.45) is 1.72. The number of amides is 1. The molecule has 0 saturated heterocycles. The SMILES string of the molecule is Cc1nn(C(C)C(=O)Nc2nn(Cc3ccc(Cl)c(Cl)c3)cc2Br)c(C)c1[N+](=O)[O-]. The Labute approximate surface area is 190 Å². The molecule has 0 fully saturated rings. The molecule has 1 atom stereocenters. The summed E-state index contributed by atoms with van der Waals surface area (Å²) in [5, 5.41) is 23.3. The van der Waals surface area contributed by atoms with E-state index in [2.05, 4.69) is 31.4 Å². The molecule has 0 aliphatic heterocycles. The molecule has 158 valence electrons. The van der Waals surface area contributed by atoms with E-state index < -0.39 is 16.9 Å². The van der Waals surface area contributed by atoms with Gasteiger partial charge in [-0.3, -0.25) is 24.3 Å². The van der Waals surface area contributed by atoms with Crippen molar-refractivity contribution >= 4 is 56.5 Å². The molecular weight excluding hydrogens is 499 g/mol. The molecule has 2 aromatic heterocycles. The number of aromatic nitrogens is 4. The highest BCUT2D eigenvalue weighted by Gasteiger charge is 2.27. The molecule has 1 aromatic carbocycles. The number of rotatable bonds is 6. The van der Waals surface area contributed by atoms with Crippen LogP contribution in [0.15, 0.2) is 28.9 Å². The van der Waals surface area contributed by atoms with Crippen LogP contribution in [0.3, 0.4) is 0 Å². The maximum absolute atomic E-state index is 12.7. The number of carbonyl (C=O) groups is 1. The van der Waals surface area contributed by atoms with Gasteiger partial charge in [0.2, 0.25) is 5.91 Å². The molecule has 30 heavy (non-hydrogen) atoms. The molecule has 3 aromatic rings. The van der Waals surface area contributed by atoms with Gasteiger partial charge in [-0.1, -0.05) is 29.3 Å². The number of anilines is 1. The molecule has 1 amide bonds. The Morgan fingerprint density at radius 2 is 2.00 bits per heavy atom. The highest BCUT2D eigenvalue weighted by atomic mass is 79.9. The second kappa shape index (κ2) is 8.75. The topological polar surface area (TPSA) is 108 Å². The minimum atomic E-state index is -0.774. The van der Waals surface area contributed by atoms with Crippen LogP contribution < -0.4 is 5.32 Å². The number of aryl methyl sites for hydroxylation is 1. The summed E-state index contributed by atoms with van der Waals surface area (Å²) in [7, 11) is 0. The molecule has 12 heteroatoms. The average Bonchev–Trinajstić information content (AvgIpc) is 3.15. The summed E-state index contributed by atoms with van der Waals surface area (Å²) < 4.78 is 3.56. The van der Waals surface area contributed by atoms with Crippen molar-refractivity contribution in [1.29, 1.82) is 0 Å². The third-order valence-corrected chi connectivity index (χ3v) is 5.82. The Bertz CT molecular complexity index is 1140. The summed E-state index contributed by atoms with van der Waals surface area (Å²) in [6, 6.07) is 4.51. The van der Waals surface area contributed by atoms with Crippen LogP contribution >= 0.6 is 39.1 Å². The van der Waals surface area contributed by atoms with Crippen LogP contribution in [0.4, 0.5) is 11.5 Å². The van der Waals surface area contributed by atoms with E-state index in [4.69, 9.17) is 23.2 Å². The van der Waals surface area contributed by atoms with Gasteiger partial charge in [0.25, 0.3) is 0 Å². The van der Waals surface area contributed by atoms with Gasteiger partial charge in [-0.25, -0.2) is 0 Å². The predicted octanol–water partition coefficient (Wildman–Crippen LogP) is 4.92. The van der Waals surface area contributed by atoms with Crippen LogP contribution in [0.2, 0.25) is 10.0 Å². The third kappa shape index (κ3) is 4.50. The fraction of sp³-hybridized carbons (Fsp3) is 0.278. The molecule has 2 heterocycles. The zero-order valence-corrected chi connectivity index (χ0v) is 19.3. The maximum Gasteiger partial charge on any atom is 0.312 e. The summed E-state index contributed by atoms with van der Waals surface area (Å²) in [6.45, 7) is 5.13. The number of nitro groups is 1. The lowest BCUT2D eigenvalue weighted by Gasteiger charge is -2.13. The van der Waals surface area contributed by atoms with Crippen molar-refractivity contribution in [3.05, 3.63) is 66.0 Å². The fourth-order valence-electron chi connectivity index (χ4n) is 3.02. The Balaban J connectivity index is 1.76. The van der Waals surface area contributed by atoms with Crippen molar-refractivity contribution in [2.75, 3.05) is 5.32 Å². The van der Waals surface area contributed by atoms with E-state index >= 15 is 0 Å². The van der Waals surface area contributed by atoms with Crippen LogP contribution in [0.1, 0.15) is 29.9 Å². The lowest BCUT2D eigenvalue weighted by atomic mass is 10.2. The minimum absolute atomic E-state index is 0.0956. The molecule has 1 unspecified atom stereocenters. The number of benzene rings is 1. The fourth-order valence-corrected chi connectivity index (χ4v) is 3.75. The molecule has 3 rings (SSSR count). The highest BCUT2D eigenvalue weighted by molar-refractivity contribution is 9.10. The molecule has 1 N–H and O–H groups in total. The second-order valence-electron chi connectivity index (χ2n) is 6.66. The van der Waals surface area contributed by atoms with Gasteiger partial charge in [-0.2, -0.15) is 10.2 Å². The molecule has 0 saturated carbocycles. The van der Waals surface area contributed by atoms with E-state index in [0.717, 1.165) is 5.56 Å². The van der Waals surface area contributed by atoms with E-state index in [0.29, 0.717) is 32.6 Å². The van der Waals surface area contributed by atoms with Gasteiger partial charge in [-0.15, -0.1) is 0 Å². The number of nitrogens with one attached hydrogen (secondary N) is 1. The van der Waals surface area contributed by atoms with E-state index in [-0.39, 0.29) is 11.4 Å². The van der Waals surface area contributed by atoms with Crippen LogP contribution in [-0.2, 0) is 11.3 Å². The van der Waals surface area contributed by atoms with Gasteiger partial charge >= 0.3 is 5.69 Å². The molecule has 9 nitrogen and oxygen atoms in total. The van der Waals surface area contributed by atoms with Gasteiger partial charge in [0.15, 0.2) is 5.82 Å². The number of nitrogens with zero attached hydrogens (tertiary/aromatic N) is 5. The van der Waals surface area contributed by atoms with Gasteiger partial charge < -0.3 is 5.32 Å². The summed E-state index contributed by atoms with van der Waals surface area (Å²) in [5.41, 5.74) is 1.36. The van der Waals surface area contributed by atoms with Gasteiger partial charge in [-0.05, 0) is 54.4 Å². The zero-order chi connectivity index (χ0) is 22.2. The molecular formula is C18H17BrCl2N6O3. The Kier molecular flexibility index (Phi) is 6.49. The minimum Gasteiger partial charge on any atom is -0.306 e. The Hall–Kier alpha value is -2.43. The van der Waals surface area contributed by atoms with Gasteiger partial charge in [0.05, 0.1) is 26.0 Å². The standard InChI is InChI=1S/C18H17BrCl2N6O3/c1-9-16(27(29)30)10(2)26(23-9)11(3)18(28)22-17-13(19)8-25(24-17)7-12-4-5-14(20)15(21)6-12/h4-6,8,11H,7H2,1-3H3,(H,22,24,28). The quantitative estimate of drug-likeness (QED) is 0.370. The smallest absolute Gasteiger partial charge is 0.306 e. The molecule has 0 aliphatic carbocycles. The van der Waals surface area contributed by atoms with Gasteiger partial charge in [0, 0.05) is 6.20 Å². The van der Waals surface area contributed by atoms with Crippen molar-refractivity contribution < 1.29 is 9.72 Å². The van der Waals surface area contributed by atoms with Crippen molar-refractivity contribution in [2.45, 2.75) is 33.4 Å². The summed E-state index contributed by atoms with van der Waals surface area (Å²) >= 11 is 15.4. The van der Waals surface area contributed by atoms with Crippen LogP contribution in [0.25, 0.3) is 0 Å². The van der Waals surface area contributed by atoms with Crippen molar-refractivity contribution in [3.63, 3.8) is 0 Å². The zero-order valence-electron chi connectivity index (χ0n) is 16.2. The van der Waals surface area contributed by atoms with E-state index in [1.807, 2.05) is 6.07 Å². The van der Waals surface area contributed by atoms with Crippen LogP contribution in [0, 0.1) is 24.0 Å². The predicted molar refractivity (Wildman–Crippen MR) is 117 cm³/mol. The first-order valence-corrected chi connectivity index (χ1v) is 10.3. The number of halogens is 3. The lowest BCUT2D eigenvalue weighted by Crippen LogP contribution is -2.25. The largest absolute Gasteiger partial charge is 0.312 e. The first-order valence-electron chi connectivity index (χ1n) is 8.76. The molecule has 0 bridgehead atoms. The Morgan fingerprint density at radius 1 is 1.30 bits per heavy atom. The molecule has 0 spiro atoms. The van der Waals surface area contributed by atoms with E-state index in [1.165, 1.54) is 11.6 Å². The number of hydrogen-bond donors (Lipinski definition) is 1. The van der Waals surface area contributed by atoms with Crippen LogP contribution in [-0.4, -0.2) is 30.4 Å². The van der Waals surface area contributed by atoms with Gasteiger partial charge in [0.1, 0.15) is 17.4 Å². The summed E-state index contributed by atoms with van der Waals surface area (Å²) in [4.78, 5) is 23.4. The molecule has 0 aliphatic rings. The first kappa shape index (κ1) is 22.3. The van der Waals surface area contributed by atoms with Crippen molar-refractivity contribution in [1.82, 2.24) is 19.6 Å². The molecule has 0 radical (unpaired) electrons. The average molecular weight is 516 g/mol. The van der Waals surface area contributed by atoms with Crippen LogP contribution in [0.5, 0.6) is 0 Å². The Morgan fingerprint density at radius 3 is 2.60 bits per heavy atom. The number of hydrogen-bond acceptors (Lipinski definition) is 5. The van der Waals surface area contributed by atoms with E-state index in [1.54, 1.807) is 36.9 Å². The maximum atomic E-state index is 12.7. The first-order chi connectivity index (χ1) is 14.1. The normalized spacial score (nSPS) is 12.1. The summed E-state index contributed by atoms with van der Waals surface area (Å²) in [5.74, 6) is -0.0843. The highest BCUT2D eigenvalue weighted by Crippen LogP contribution is 2.27. The lowest BCUT2D eigenvalue weighted by molar-refractivity contribution is -0.386. The monoisotopic (exact) mass is 514 g/mol.